The second-order valence-electron chi connectivity index (χ2n) is 3.49. The Morgan fingerprint density at radius 3 is 2.88 bits per heavy atom. The Kier molecular flexibility index (Phi) is 5.40. The molecule has 0 fully saturated rings. The van der Waals surface area contributed by atoms with Gasteiger partial charge in [0, 0.05) is 6.20 Å². The van der Waals surface area contributed by atoms with Crippen LogP contribution in [0, 0.1) is 0 Å². The number of hydrogen-bond acceptors (Lipinski definition) is 6. The molecule has 0 aliphatic rings. The molecule has 17 heavy (non-hydrogen) atoms. The third kappa shape index (κ3) is 3.69. The molecule has 0 radical (unpaired) electrons. The zero-order chi connectivity index (χ0) is 12.8. The van der Waals surface area contributed by atoms with Gasteiger partial charge in [-0.15, -0.1) is 0 Å². The fraction of sp³-hybridized carbons (Fsp3) is 0.455. The summed E-state index contributed by atoms with van der Waals surface area (Å²) in [5, 5.41) is 19.5. The topological polar surface area (TPSA) is 79.7 Å². The Bertz CT molecular complexity index is 385. The number of nitrogens with zero attached hydrogens (tertiary/aromatic N) is 1. The number of aromatic nitrogens is 1. The number of thiol groups is 1. The van der Waals surface area contributed by atoms with Gasteiger partial charge in [0.05, 0.1) is 13.2 Å². The molecule has 1 aromatic rings. The quantitative estimate of drug-likeness (QED) is 0.531. The molecule has 0 saturated carbocycles. The molecule has 94 valence electrons. The Morgan fingerprint density at radius 2 is 2.29 bits per heavy atom. The van der Waals surface area contributed by atoms with Crippen molar-refractivity contribution in [2.24, 2.45) is 0 Å². The van der Waals surface area contributed by atoms with Gasteiger partial charge in [0.15, 0.2) is 0 Å². The van der Waals surface area contributed by atoms with Gasteiger partial charge in [-0.05, 0) is 29.9 Å². The smallest absolute Gasteiger partial charge is 0.356 e. The lowest BCUT2D eigenvalue weighted by Crippen LogP contribution is -2.19. The van der Waals surface area contributed by atoms with Crippen LogP contribution in [0.4, 0.5) is 0 Å². The van der Waals surface area contributed by atoms with Gasteiger partial charge in [-0.1, -0.05) is 0 Å². The average molecular weight is 257 g/mol. The fourth-order valence-corrected chi connectivity index (χ4v) is 1.62. The monoisotopic (exact) mass is 257 g/mol. The van der Waals surface area contributed by atoms with Gasteiger partial charge in [0.2, 0.25) is 0 Å². The molecule has 0 aliphatic heterocycles. The van der Waals surface area contributed by atoms with Crippen molar-refractivity contribution in [3.63, 3.8) is 0 Å². The van der Waals surface area contributed by atoms with Gasteiger partial charge < -0.3 is 14.9 Å². The van der Waals surface area contributed by atoms with Crippen LogP contribution in [0.25, 0.3) is 0 Å². The van der Waals surface area contributed by atoms with Crippen molar-refractivity contribution in [3.05, 3.63) is 29.6 Å². The van der Waals surface area contributed by atoms with E-state index in [-0.39, 0.29) is 5.69 Å². The van der Waals surface area contributed by atoms with E-state index < -0.39 is 18.2 Å². The lowest BCUT2D eigenvalue weighted by atomic mass is 10.0. The molecular weight excluding hydrogens is 242 g/mol. The number of pyridine rings is 1. The molecule has 2 unspecified atom stereocenters. The zero-order valence-corrected chi connectivity index (χ0v) is 10.3. The summed E-state index contributed by atoms with van der Waals surface area (Å²) in [7, 11) is 1.25. The minimum Gasteiger partial charge on any atom is -0.464 e. The molecule has 1 heterocycles. The van der Waals surface area contributed by atoms with Crippen molar-refractivity contribution in [3.8, 4) is 0 Å². The predicted octanol–water partition coefficient (Wildman–Crippen LogP) is 0.582. The maximum absolute atomic E-state index is 11.2. The number of methoxy groups -OCH3 is 1. The first-order valence-electron chi connectivity index (χ1n) is 5.11. The van der Waals surface area contributed by atoms with E-state index >= 15 is 0 Å². The molecule has 0 aromatic carbocycles. The standard InChI is InChI=1S/C11H15NO4S/c1-16-11(15)8-6-7(2-4-12-8)10(14)9(13)3-5-17/h2,4,6,9-10,13-14,17H,3,5H2,1H3. The molecule has 5 nitrogen and oxygen atoms in total. The maximum Gasteiger partial charge on any atom is 0.356 e. The minimum absolute atomic E-state index is 0.0992. The summed E-state index contributed by atoms with van der Waals surface area (Å²) < 4.78 is 4.52. The van der Waals surface area contributed by atoms with Gasteiger partial charge in [-0.3, -0.25) is 0 Å². The highest BCUT2D eigenvalue weighted by Gasteiger charge is 2.19. The summed E-state index contributed by atoms with van der Waals surface area (Å²) in [6, 6.07) is 2.94. The lowest BCUT2D eigenvalue weighted by molar-refractivity contribution is 0.0171. The summed E-state index contributed by atoms with van der Waals surface area (Å²) in [6.07, 6.45) is -0.229. The van der Waals surface area contributed by atoms with Gasteiger partial charge in [0.25, 0.3) is 0 Å². The first-order chi connectivity index (χ1) is 8.10. The van der Waals surface area contributed by atoms with Crippen LogP contribution in [-0.2, 0) is 4.74 Å². The van der Waals surface area contributed by atoms with Crippen molar-refractivity contribution >= 4 is 18.6 Å². The molecule has 2 atom stereocenters. The van der Waals surface area contributed by atoms with Gasteiger partial charge in [-0.2, -0.15) is 12.6 Å². The van der Waals surface area contributed by atoms with Crippen LogP contribution in [0.15, 0.2) is 18.3 Å². The van der Waals surface area contributed by atoms with E-state index in [1.165, 1.54) is 19.4 Å². The van der Waals surface area contributed by atoms with Crippen LogP contribution in [0.2, 0.25) is 0 Å². The summed E-state index contributed by atoms with van der Waals surface area (Å²) in [5.41, 5.74) is 0.525. The van der Waals surface area contributed by atoms with E-state index in [0.717, 1.165) is 0 Å². The van der Waals surface area contributed by atoms with Crippen molar-refractivity contribution in [1.82, 2.24) is 4.98 Å². The second-order valence-corrected chi connectivity index (χ2v) is 3.94. The lowest BCUT2D eigenvalue weighted by Gasteiger charge is -2.17. The first kappa shape index (κ1) is 14.0. The fourth-order valence-electron chi connectivity index (χ4n) is 1.36. The van der Waals surface area contributed by atoms with Crippen molar-refractivity contribution in [2.75, 3.05) is 12.9 Å². The molecule has 2 N–H and O–H groups in total. The van der Waals surface area contributed by atoms with E-state index in [1.54, 1.807) is 6.07 Å². The number of rotatable bonds is 5. The highest BCUT2D eigenvalue weighted by Crippen LogP contribution is 2.19. The van der Waals surface area contributed by atoms with Crippen LogP contribution in [-0.4, -0.2) is 40.1 Å². The molecule has 1 aromatic heterocycles. The summed E-state index contributed by atoms with van der Waals surface area (Å²) >= 11 is 3.98. The molecule has 0 spiro atoms. The van der Waals surface area contributed by atoms with E-state index in [2.05, 4.69) is 22.3 Å². The largest absolute Gasteiger partial charge is 0.464 e. The van der Waals surface area contributed by atoms with Crippen LogP contribution in [0.5, 0.6) is 0 Å². The first-order valence-corrected chi connectivity index (χ1v) is 5.74. The van der Waals surface area contributed by atoms with E-state index in [9.17, 15) is 15.0 Å². The van der Waals surface area contributed by atoms with E-state index in [0.29, 0.717) is 17.7 Å². The number of aliphatic hydroxyl groups is 2. The molecule has 6 heteroatoms. The summed E-state index contributed by atoms with van der Waals surface area (Å²) in [4.78, 5) is 15.1. The highest BCUT2D eigenvalue weighted by atomic mass is 32.1. The maximum atomic E-state index is 11.2. The molecule has 0 aliphatic carbocycles. The number of hydrogen-bond donors (Lipinski definition) is 3. The van der Waals surface area contributed by atoms with E-state index in [1.807, 2.05) is 0 Å². The third-order valence-electron chi connectivity index (χ3n) is 2.31. The Hall–Kier alpha value is -1.11. The predicted molar refractivity (Wildman–Crippen MR) is 65.0 cm³/mol. The Balaban J connectivity index is 2.87. The average Bonchev–Trinajstić information content (AvgIpc) is 2.37. The van der Waals surface area contributed by atoms with Crippen LogP contribution in [0.3, 0.4) is 0 Å². The molecule has 0 saturated heterocycles. The number of ether oxygens (including phenoxy) is 1. The number of esters is 1. The number of carbonyl (C=O) groups is 1. The Morgan fingerprint density at radius 1 is 1.59 bits per heavy atom. The normalized spacial score (nSPS) is 14.1. The molecule has 0 bridgehead atoms. The van der Waals surface area contributed by atoms with Crippen molar-refractivity contribution in [1.29, 1.82) is 0 Å². The minimum atomic E-state index is -1.06. The SMILES string of the molecule is COC(=O)c1cc(C(O)C(O)CCS)ccn1. The van der Waals surface area contributed by atoms with Gasteiger partial charge in [0.1, 0.15) is 11.8 Å². The van der Waals surface area contributed by atoms with Crippen molar-refractivity contribution < 1.29 is 19.7 Å². The van der Waals surface area contributed by atoms with Gasteiger partial charge in [-0.25, -0.2) is 9.78 Å². The van der Waals surface area contributed by atoms with Crippen LogP contribution < -0.4 is 0 Å². The highest BCUT2D eigenvalue weighted by molar-refractivity contribution is 7.80. The molecule has 1 rings (SSSR count). The molecular formula is C11H15NO4S. The number of aliphatic hydroxyl groups excluding tert-OH is 2. The summed E-state index contributed by atoms with van der Waals surface area (Å²) in [5.74, 6) is -0.115. The van der Waals surface area contributed by atoms with Gasteiger partial charge >= 0.3 is 5.97 Å². The molecule has 0 amide bonds. The van der Waals surface area contributed by atoms with Crippen molar-refractivity contribution in [2.45, 2.75) is 18.6 Å². The van der Waals surface area contributed by atoms with E-state index in [4.69, 9.17) is 0 Å². The van der Waals surface area contributed by atoms with Crippen LogP contribution >= 0.6 is 12.6 Å². The zero-order valence-electron chi connectivity index (χ0n) is 9.41. The third-order valence-corrected chi connectivity index (χ3v) is 2.57. The Labute approximate surface area is 105 Å². The summed E-state index contributed by atoms with van der Waals surface area (Å²) in [6.45, 7) is 0. The van der Waals surface area contributed by atoms with Crippen LogP contribution in [0.1, 0.15) is 28.6 Å². The number of carbonyl (C=O) groups excluding carboxylic acids is 1. The second kappa shape index (κ2) is 6.58.